The molecule has 6 nitrogen and oxygen atoms in total. The van der Waals surface area contributed by atoms with Crippen LogP contribution in [-0.4, -0.2) is 41.0 Å². The van der Waals surface area contributed by atoms with Crippen LogP contribution in [0.2, 0.25) is 0 Å². The van der Waals surface area contributed by atoms with Crippen LogP contribution in [0.15, 0.2) is 30.3 Å². The zero-order valence-corrected chi connectivity index (χ0v) is 15.9. The Morgan fingerprint density at radius 2 is 1.86 bits per heavy atom. The van der Waals surface area contributed by atoms with Gasteiger partial charge in [0.15, 0.2) is 0 Å². The van der Waals surface area contributed by atoms with Gasteiger partial charge in [-0.2, -0.15) is 0 Å². The SMILES string of the molecule is C[C@@H](NC(=O)c1cc(C(=O)N2CCCC2)c2n1CCOC2)c1ccc(F)cc1. The van der Waals surface area contributed by atoms with Gasteiger partial charge in [-0.1, -0.05) is 12.1 Å². The highest BCUT2D eigenvalue weighted by molar-refractivity contribution is 6.00. The zero-order chi connectivity index (χ0) is 19.7. The van der Waals surface area contributed by atoms with Crippen molar-refractivity contribution in [2.75, 3.05) is 19.7 Å². The third-order valence-electron chi connectivity index (χ3n) is 5.48. The third kappa shape index (κ3) is 3.54. The van der Waals surface area contributed by atoms with Crippen molar-refractivity contribution in [1.82, 2.24) is 14.8 Å². The van der Waals surface area contributed by atoms with Crippen LogP contribution in [-0.2, 0) is 17.9 Å². The van der Waals surface area contributed by atoms with Crippen LogP contribution in [0.1, 0.15) is 57.9 Å². The number of rotatable bonds is 4. The van der Waals surface area contributed by atoms with Crippen molar-refractivity contribution in [2.24, 2.45) is 0 Å². The maximum atomic E-state index is 13.1. The molecular weight excluding hydrogens is 361 g/mol. The second-order valence-corrected chi connectivity index (χ2v) is 7.34. The van der Waals surface area contributed by atoms with Crippen molar-refractivity contribution in [3.8, 4) is 0 Å². The molecule has 1 N–H and O–H groups in total. The molecule has 4 rings (SSSR count). The second-order valence-electron chi connectivity index (χ2n) is 7.34. The number of nitrogens with one attached hydrogen (secondary N) is 1. The predicted octanol–water partition coefficient (Wildman–Crippen LogP) is 2.88. The van der Waals surface area contributed by atoms with Crippen LogP contribution in [0.25, 0.3) is 0 Å². The summed E-state index contributed by atoms with van der Waals surface area (Å²) in [6, 6.07) is 7.48. The minimum absolute atomic E-state index is 0.0302. The van der Waals surface area contributed by atoms with Crippen LogP contribution in [0.3, 0.4) is 0 Å². The van der Waals surface area contributed by atoms with E-state index in [1.807, 2.05) is 16.4 Å². The first-order chi connectivity index (χ1) is 13.5. The number of ether oxygens (including phenoxy) is 1. The van der Waals surface area contributed by atoms with Crippen molar-refractivity contribution in [3.05, 3.63) is 58.7 Å². The highest BCUT2D eigenvalue weighted by atomic mass is 19.1. The van der Waals surface area contributed by atoms with Gasteiger partial charge in [-0.15, -0.1) is 0 Å². The minimum atomic E-state index is -0.312. The first kappa shape index (κ1) is 18.7. The molecule has 2 aliphatic heterocycles. The summed E-state index contributed by atoms with van der Waals surface area (Å²) in [5.41, 5.74) is 2.61. The van der Waals surface area contributed by atoms with E-state index in [0.717, 1.165) is 37.2 Å². The summed E-state index contributed by atoms with van der Waals surface area (Å²) in [4.78, 5) is 27.7. The first-order valence-electron chi connectivity index (χ1n) is 9.70. The van der Waals surface area contributed by atoms with Crippen molar-refractivity contribution < 1.29 is 18.7 Å². The number of nitrogens with zero attached hydrogens (tertiary/aromatic N) is 2. The van der Waals surface area contributed by atoms with E-state index in [1.54, 1.807) is 18.2 Å². The Balaban J connectivity index is 1.59. The number of hydrogen-bond donors (Lipinski definition) is 1. The Kier molecular flexibility index (Phi) is 5.17. The quantitative estimate of drug-likeness (QED) is 0.880. The number of hydrogen-bond acceptors (Lipinski definition) is 3. The molecule has 2 aliphatic rings. The normalized spacial score (nSPS) is 17.3. The van der Waals surface area contributed by atoms with Crippen LogP contribution < -0.4 is 5.32 Å². The molecule has 0 bridgehead atoms. The third-order valence-corrected chi connectivity index (χ3v) is 5.48. The van der Waals surface area contributed by atoms with Gasteiger partial charge in [0.25, 0.3) is 11.8 Å². The summed E-state index contributed by atoms with van der Waals surface area (Å²) in [6.45, 7) is 4.74. The van der Waals surface area contributed by atoms with Gasteiger partial charge in [-0.05, 0) is 43.5 Å². The molecule has 2 amide bonds. The Hall–Kier alpha value is -2.67. The number of carbonyl (C=O) groups excluding carboxylic acids is 2. The number of likely N-dealkylation sites (tertiary alicyclic amines) is 1. The second kappa shape index (κ2) is 7.75. The van der Waals surface area contributed by atoms with Crippen molar-refractivity contribution in [3.63, 3.8) is 0 Å². The molecular formula is C21H24FN3O3. The molecule has 1 aromatic carbocycles. The Morgan fingerprint density at radius 3 is 2.57 bits per heavy atom. The highest BCUT2D eigenvalue weighted by Gasteiger charge is 2.29. The van der Waals surface area contributed by atoms with Gasteiger partial charge in [0, 0.05) is 19.6 Å². The van der Waals surface area contributed by atoms with E-state index in [1.165, 1.54) is 12.1 Å². The molecule has 1 atom stereocenters. The van der Waals surface area contributed by atoms with Crippen molar-refractivity contribution in [2.45, 2.75) is 39.0 Å². The summed E-state index contributed by atoms with van der Waals surface area (Å²) >= 11 is 0. The molecule has 0 radical (unpaired) electrons. The molecule has 2 aromatic rings. The molecule has 0 unspecified atom stereocenters. The molecule has 1 saturated heterocycles. The van der Waals surface area contributed by atoms with Gasteiger partial charge in [0.05, 0.1) is 30.5 Å². The van der Waals surface area contributed by atoms with Gasteiger partial charge in [0.2, 0.25) is 0 Å². The largest absolute Gasteiger partial charge is 0.373 e. The molecule has 7 heteroatoms. The molecule has 28 heavy (non-hydrogen) atoms. The minimum Gasteiger partial charge on any atom is -0.373 e. The molecule has 0 spiro atoms. The Bertz CT molecular complexity index is 885. The topological polar surface area (TPSA) is 63.6 Å². The lowest BCUT2D eigenvalue weighted by Gasteiger charge is -2.21. The van der Waals surface area contributed by atoms with Crippen LogP contribution in [0.4, 0.5) is 4.39 Å². The summed E-state index contributed by atoms with van der Waals surface area (Å²) in [7, 11) is 0. The molecule has 1 fully saturated rings. The standard InChI is InChI=1S/C21H24FN3O3/c1-14(15-4-6-16(22)7-5-15)23-20(26)18-12-17(19-13-28-11-10-25(18)19)21(27)24-8-2-3-9-24/h4-7,12,14H,2-3,8-11,13H2,1H3,(H,23,26)/t14-/m1/s1. The number of benzene rings is 1. The summed E-state index contributed by atoms with van der Waals surface area (Å²) in [5.74, 6) is -0.592. The molecule has 3 heterocycles. The van der Waals surface area contributed by atoms with E-state index < -0.39 is 0 Å². The van der Waals surface area contributed by atoms with Crippen LogP contribution in [0, 0.1) is 5.82 Å². The van der Waals surface area contributed by atoms with E-state index in [9.17, 15) is 14.0 Å². The van der Waals surface area contributed by atoms with Gasteiger partial charge in [-0.25, -0.2) is 4.39 Å². The lowest BCUT2D eigenvalue weighted by atomic mass is 10.1. The Labute approximate surface area is 163 Å². The van der Waals surface area contributed by atoms with Crippen LogP contribution >= 0.6 is 0 Å². The maximum absolute atomic E-state index is 13.1. The van der Waals surface area contributed by atoms with Gasteiger partial charge < -0.3 is 19.5 Å². The maximum Gasteiger partial charge on any atom is 0.268 e. The fraction of sp³-hybridized carbons (Fsp3) is 0.429. The fourth-order valence-electron chi connectivity index (χ4n) is 3.89. The van der Waals surface area contributed by atoms with E-state index in [4.69, 9.17) is 4.74 Å². The lowest BCUT2D eigenvalue weighted by Crippen LogP contribution is -2.30. The number of carbonyl (C=O) groups is 2. The van der Waals surface area contributed by atoms with E-state index in [0.29, 0.717) is 31.0 Å². The number of halogens is 1. The zero-order valence-electron chi connectivity index (χ0n) is 15.9. The van der Waals surface area contributed by atoms with Crippen molar-refractivity contribution >= 4 is 11.8 Å². The van der Waals surface area contributed by atoms with Gasteiger partial charge in [-0.3, -0.25) is 9.59 Å². The number of amides is 2. The number of fused-ring (bicyclic) bond motifs is 1. The first-order valence-corrected chi connectivity index (χ1v) is 9.70. The number of aromatic nitrogens is 1. The highest BCUT2D eigenvalue weighted by Crippen LogP contribution is 2.25. The fourth-order valence-corrected chi connectivity index (χ4v) is 3.89. The average Bonchev–Trinajstić information content (AvgIpc) is 3.36. The smallest absolute Gasteiger partial charge is 0.268 e. The molecule has 0 saturated carbocycles. The van der Waals surface area contributed by atoms with Crippen molar-refractivity contribution in [1.29, 1.82) is 0 Å². The summed E-state index contributed by atoms with van der Waals surface area (Å²) in [5, 5.41) is 2.96. The van der Waals surface area contributed by atoms with E-state index in [2.05, 4.69) is 5.32 Å². The lowest BCUT2D eigenvalue weighted by molar-refractivity contribution is 0.0725. The molecule has 1 aromatic heterocycles. The summed E-state index contributed by atoms with van der Waals surface area (Å²) in [6.07, 6.45) is 2.03. The predicted molar refractivity (Wildman–Crippen MR) is 102 cm³/mol. The monoisotopic (exact) mass is 385 g/mol. The molecule has 0 aliphatic carbocycles. The van der Waals surface area contributed by atoms with Gasteiger partial charge >= 0.3 is 0 Å². The Morgan fingerprint density at radius 1 is 1.14 bits per heavy atom. The van der Waals surface area contributed by atoms with E-state index >= 15 is 0 Å². The average molecular weight is 385 g/mol. The van der Waals surface area contributed by atoms with E-state index in [-0.39, 0.29) is 23.7 Å². The van der Waals surface area contributed by atoms with Gasteiger partial charge in [0.1, 0.15) is 11.5 Å². The van der Waals surface area contributed by atoms with Crippen LogP contribution in [0.5, 0.6) is 0 Å². The molecule has 148 valence electrons. The summed E-state index contributed by atoms with van der Waals surface area (Å²) < 4.78 is 20.6.